The standard InChI is InChI=1S/C17H18N4O/c1-13(19-20-16-5-2-3-11-18-16)14-7-9-15(10-8-14)21-12-4-6-17(21)22/h2-3,5,7-11H,4,6,12H2,1H3,(H,18,20)/b19-13-. The summed E-state index contributed by atoms with van der Waals surface area (Å²) in [6.45, 7) is 2.75. The minimum atomic E-state index is 0.204. The molecule has 1 amide bonds. The maximum absolute atomic E-state index is 11.7. The molecule has 5 nitrogen and oxygen atoms in total. The number of carbonyl (C=O) groups excluding carboxylic acids is 1. The van der Waals surface area contributed by atoms with Crippen LogP contribution in [0.4, 0.5) is 11.5 Å². The fourth-order valence-corrected chi connectivity index (χ4v) is 2.44. The van der Waals surface area contributed by atoms with Gasteiger partial charge < -0.3 is 4.90 Å². The van der Waals surface area contributed by atoms with Crippen LogP contribution in [0, 0.1) is 0 Å². The van der Waals surface area contributed by atoms with Gasteiger partial charge in [-0.15, -0.1) is 0 Å². The predicted molar refractivity (Wildman–Crippen MR) is 88.1 cm³/mol. The first-order valence-corrected chi connectivity index (χ1v) is 7.36. The van der Waals surface area contributed by atoms with Gasteiger partial charge in [-0.1, -0.05) is 18.2 Å². The number of rotatable bonds is 4. The average Bonchev–Trinajstić information content (AvgIpc) is 3.00. The van der Waals surface area contributed by atoms with Crippen molar-refractivity contribution in [1.82, 2.24) is 4.98 Å². The summed E-state index contributed by atoms with van der Waals surface area (Å²) in [5.41, 5.74) is 5.77. The Bertz CT molecular complexity index is 680. The second-order valence-corrected chi connectivity index (χ2v) is 5.22. The Morgan fingerprint density at radius 1 is 1.23 bits per heavy atom. The molecule has 1 aliphatic heterocycles. The SMILES string of the molecule is C/C(=N/Nc1ccccn1)c1ccc(N2CCCC2=O)cc1. The van der Waals surface area contributed by atoms with Crippen LogP contribution in [0.5, 0.6) is 0 Å². The third-order valence-corrected chi connectivity index (χ3v) is 3.67. The van der Waals surface area contributed by atoms with Crippen molar-refractivity contribution in [2.24, 2.45) is 5.10 Å². The second kappa shape index (κ2) is 6.39. The first kappa shape index (κ1) is 14.3. The molecule has 0 aliphatic carbocycles. The molecule has 1 saturated heterocycles. The van der Waals surface area contributed by atoms with E-state index >= 15 is 0 Å². The minimum Gasteiger partial charge on any atom is -0.312 e. The minimum absolute atomic E-state index is 0.204. The van der Waals surface area contributed by atoms with Gasteiger partial charge in [0.2, 0.25) is 5.91 Å². The van der Waals surface area contributed by atoms with Crippen molar-refractivity contribution in [2.45, 2.75) is 19.8 Å². The molecule has 2 aromatic rings. The number of benzene rings is 1. The summed E-state index contributed by atoms with van der Waals surface area (Å²) in [6, 6.07) is 13.5. The van der Waals surface area contributed by atoms with Crippen molar-refractivity contribution < 1.29 is 4.79 Å². The Kier molecular flexibility index (Phi) is 4.14. The van der Waals surface area contributed by atoms with Crippen LogP contribution in [0.1, 0.15) is 25.3 Å². The van der Waals surface area contributed by atoms with E-state index in [9.17, 15) is 4.79 Å². The molecule has 1 aliphatic rings. The highest BCUT2D eigenvalue weighted by molar-refractivity contribution is 6.00. The van der Waals surface area contributed by atoms with Crippen LogP contribution in [0.15, 0.2) is 53.8 Å². The number of nitrogens with one attached hydrogen (secondary N) is 1. The molecular formula is C17H18N4O. The fraction of sp³-hybridized carbons (Fsp3) is 0.235. The zero-order chi connectivity index (χ0) is 15.4. The van der Waals surface area contributed by atoms with Crippen LogP contribution in [0.2, 0.25) is 0 Å². The quantitative estimate of drug-likeness (QED) is 0.696. The van der Waals surface area contributed by atoms with E-state index < -0.39 is 0 Å². The predicted octanol–water partition coefficient (Wildman–Crippen LogP) is 3.04. The Balaban J connectivity index is 1.70. The second-order valence-electron chi connectivity index (χ2n) is 5.22. The zero-order valence-corrected chi connectivity index (χ0v) is 12.5. The summed E-state index contributed by atoms with van der Waals surface area (Å²) in [5, 5.41) is 4.33. The van der Waals surface area contributed by atoms with Gasteiger partial charge in [-0.2, -0.15) is 5.10 Å². The van der Waals surface area contributed by atoms with E-state index in [-0.39, 0.29) is 5.91 Å². The van der Waals surface area contributed by atoms with Gasteiger partial charge in [0.15, 0.2) is 0 Å². The van der Waals surface area contributed by atoms with E-state index in [0.29, 0.717) is 12.2 Å². The lowest BCUT2D eigenvalue weighted by Crippen LogP contribution is -2.23. The average molecular weight is 294 g/mol. The normalized spacial score (nSPS) is 15.2. The molecule has 5 heteroatoms. The molecule has 1 fully saturated rings. The van der Waals surface area contributed by atoms with E-state index in [0.717, 1.165) is 29.9 Å². The molecule has 112 valence electrons. The maximum atomic E-state index is 11.7. The molecule has 0 bridgehead atoms. The molecule has 1 N–H and O–H groups in total. The molecule has 3 rings (SSSR count). The van der Waals surface area contributed by atoms with Crippen molar-refractivity contribution in [3.63, 3.8) is 0 Å². The van der Waals surface area contributed by atoms with Crippen molar-refractivity contribution in [2.75, 3.05) is 16.9 Å². The zero-order valence-electron chi connectivity index (χ0n) is 12.5. The van der Waals surface area contributed by atoms with Crippen LogP contribution in [-0.4, -0.2) is 23.1 Å². The van der Waals surface area contributed by atoms with Crippen LogP contribution in [-0.2, 0) is 4.79 Å². The van der Waals surface area contributed by atoms with Gasteiger partial charge in [0.05, 0.1) is 5.71 Å². The molecule has 2 heterocycles. The molecule has 0 saturated carbocycles. The highest BCUT2D eigenvalue weighted by atomic mass is 16.2. The van der Waals surface area contributed by atoms with E-state index in [1.54, 1.807) is 6.20 Å². The highest BCUT2D eigenvalue weighted by Gasteiger charge is 2.21. The fourth-order valence-electron chi connectivity index (χ4n) is 2.44. The lowest BCUT2D eigenvalue weighted by Gasteiger charge is -2.15. The monoisotopic (exact) mass is 294 g/mol. The van der Waals surface area contributed by atoms with Crippen molar-refractivity contribution in [3.05, 3.63) is 54.2 Å². The number of aromatic nitrogens is 1. The van der Waals surface area contributed by atoms with Crippen LogP contribution >= 0.6 is 0 Å². The van der Waals surface area contributed by atoms with Gasteiger partial charge >= 0.3 is 0 Å². The third-order valence-electron chi connectivity index (χ3n) is 3.67. The number of anilines is 2. The molecule has 0 unspecified atom stereocenters. The van der Waals surface area contributed by atoms with Crippen LogP contribution in [0.25, 0.3) is 0 Å². The van der Waals surface area contributed by atoms with Gasteiger partial charge in [0.25, 0.3) is 0 Å². The summed E-state index contributed by atoms with van der Waals surface area (Å²) >= 11 is 0. The summed E-state index contributed by atoms with van der Waals surface area (Å²) < 4.78 is 0. The molecule has 1 aromatic carbocycles. The van der Waals surface area contributed by atoms with E-state index in [1.165, 1.54) is 0 Å². The smallest absolute Gasteiger partial charge is 0.227 e. The van der Waals surface area contributed by atoms with Gasteiger partial charge in [0.1, 0.15) is 5.82 Å². The van der Waals surface area contributed by atoms with E-state index in [4.69, 9.17) is 0 Å². The summed E-state index contributed by atoms with van der Waals surface area (Å²) in [6.07, 6.45) is 3.31. The Hall–Kier alpha value is -2.69. The molecular weight excluding hydrogens is 276 g/mol. The maximum Gasteiger partial charge on any atom is 0.227 e. The van der Waals surface area contributed by atoms with Crippen molar-refractivity contribution in [1.29, 1.82) is 0 Å². The molecule has 1 aromatic heterocycles. The molecule has 22 heavy (non-hydrogen) atoms. The number of hydrazone groups is 1. The number of carbonyl (C=O) groups is 1. The summed E-state index contributed by atoms with van der Waals surface area (Å²) in [5.74, 6) is 0.913. The summed E-state index contributed by atoms with van der Waals surface area (Å²) in [4.78, 5) is 17.7. The molecule has 0 spiro atoms. The van der Waals surface area contributed by atoms with Gasteiger partial charge in [-0.05, 0) is 43.2 Å². The third kappa shape index (κ3) is 3.14. The summed E-state index contributed by atoms with van der Waals surface area (Å²) in [7, 11) is 0. The first-order chi connectivity index (χ1) is 10.7. The van der Waals surface area contributed by atoms with Crippen LogP contribution < -0.4 is 10.3 Å². The van der Waals surface area contributed by atoms with E-state index in [1.807, 2.05) is 54.3 Å². The lowest BCUT2D eigenvalue weighted by atomic mass is 10.1. The van der Waals surface area contributed by atoms with Gasteiger partial charge in [0, 0.05) is 24.8 Å². The Labute approximate surface area is 129 Å². The largest absolute Gasteiger partial charge is 0.312 e. The topological polar surface area (TPSA) is 57.6 Å². The van der Waals surface area contributed by atoms with Crippen LogP contribution in [0.3, 0.4) is 0 Å². The highest BCUT2D eigenvalue weighted by Crippen LogP contribution is 2.21. The Morgan fingerprint density at radius 3 is 2.68 bits per heavy atom. The molecule has 0 radical (unpaired) electrons. The van der Waals surface area contributed by atoms with Gasteiger partial charge in [-0.25, -0.2) is 4.98 Å². The number of nitrogens with zero attached hydrogens (tertiary/aromatic N) is 3. The number of amides is 1. The number of hydrogen-bond donors (Lipinski definition) is 1. The van der Waals surface area contributed by atoms with Gasteiger partial charge in [-0.3, -0.25) is 10.2 Å². The Morgan fingerprint density at radius 2 is 2.05 bits per heavy atom. The number of hydrogen-bond acceptors (Lipinski definition) is 4. The van der Waals surface area contributed by atoms with Crippen molar-refractivity contribution in [3.8, 4) is 0 Å². The first-order valence-electron chi connectivity index (χ1n) is 7.36. The number of pyridine rings is 1. The lowest BCUT2D eigenvalue weighted by molar-refractivity contribution is -0.117. The van der Waals surface area contributed by atoms with E-state index in [2.05, 4.69) is 15.5 Å². The molecule has 0 atom stereocenters. The van der Waals surface area contributed by atoms with Crippen molar-refractivity contribution >= 4 is 23.1 Å².